The minimum absolute atomic E-state index is 0.214. The highest BCUT2D eigenvalue weighted by Gasteiger charge is 2.27. The van der Waals surface area contributed by atoms with Crippen molar-refractivity contribution in [3.8, 4) is 6.07 Å². The number of anilines is 1. The third-order valence-electron chi connectivity index (χ3n) is 3.99. The van der Waals surface area contributed by atoms with Crippen LogP contribution in [0.15, 0.2) is 18.2 Å². The fraction of sp³-hybridized carbons (Fsp3) is 0.562. The molecule has 0 saturated carbocycles. The molecule has 4 heteroatoms. The standard InChI is InChI=1S/C16H22N2O2/c1-12(20)15-7-6-13(11-17)10-16(15)18-8-2-4-14(18)5-3-9-19/h6-7,10,12,14,19-20H,2-5,8-9H2,1H3/t12-,14?/m1/s1. The lowest BCUT2D eigenvalue weighted by Gasteiger charge is -2.29. The second-order valence-electron chi connectivity index (χ2n) is 5.42. The van der Waals surface area contributed by atoms with Crippen molar-refractivity contribution in [3.63, 3.8) is 0 Å². The quantitative estimate of drug-likeness (QED) is 0.865. The van der Waals surface area contributed by atoms with Crippen molar-refractivity contribution < 1.29 is 10.2 Å². The number of hydrogen-bond acceptors (Lipinski definition) is 4. The molecule has 4 nitrogen and oxygen atoms in total. The average Bonchev–Trinajstić information content (AvgIpc) is 2.92. The fourth-order valence-electron chi connectivity index (χ4n) is 3.00. The minimum Gasteiger partial charge on any atom is -0.396 e. The van der Waals surface area contributed by atoms with E-state index in [1.165, 1.54) is 0 Å². The normalized spacial score (nSPS) is 19.9. The Morgan fingerprint density at radius 2 is 2.30 bits per heavy atom. The molecule has 1 aliphatic heterocycles. The van der Waals surface area contributed by atoms with Crippen molar-refractivity contribution in [2.45, 2.75) is 44.8 Å². The second kappa shape index (κ2) is 6.74. The second-order valence-corrected chi connectivity index (χ2v) is 5.42. The Labute approximate surface area is 120 Å². The van der Waals surface area contributed by atoms with Crippen LogP contribution in [-0.4, -0.2) is 29.4 Å². The van der Waals surface area contributed by atoms with Crippen LogP contribution >= 0.6 is 0 Å². The smallest absolute Gasteiger partial charge is 0.0992 e. The van der Waals surface area contributed by atoms with E-state index in [1.807, 2.05) is 12.1 Å². The first-order chi connectivity index (χ1) is 9.67. The van der Waals surface area contributed by atoms with Gasteiger partial charge in [0.15, 0.2) is 0 Å². The number of rotatable bonds is 5. The summed E-state index contributed by atoms with van der Waals surface area (Å²) in [5.74, 6) is 0. The molecule has 2 rings (SSSR count). The van der Waals surface area contributed by atoms with Crippen LogP contribution in [0.2, 0.25) is 0 Å². The van der Waals surface area contributed by atoms with E-state index < -0.39 is 6.10 Å². The highest BCUT2D eigenvalue weighted by Crippen LogP contribution is 2.34. The number of nitriles is 1. The first kappa shape index (κ1) is 14.8. The van der Waals surface area contributed by atoms with Crippen LogP contribution in [0.5, 0.6) is 0 Å². The fourth-order valence-corrected chi connectivity index (χ4v) is 3.00. The van der Waals surface area contributed by atoms with Gasteiger partial charge in [0.2, 0.25) is 0 Å². The van der Waals surface area contributed by atoms with Gasteiger partial charge < -0.3 is 15.1 Å². The van der Waals surface area contributed by atoms with E-state index in [0.29, 0.717) is 11.6 Å². The topological polar surface area (TPSA) is 67.5 Å². The third-order valence-corrected chi connectivity index (χ3v) is 3.99. The average molecular weight is 274 g/mol. The summed E-state index contributed by atoms with van der Waals surface area (Å²) in [6.07, 6.45) is 3.43. The SMILES string of the molecule is C[C@@H](O)c1ccc(C#N)cc1N1CCCC1CCCO. The maximum absolute atomic E-state index is 9.94. The Bertz CT molecular complexity index is 494. The van der Waals surface area contributed by atoms with Gasteiger partial charge in [-0.3, -0.25) is 0 Å². The van der Waals surface area contributed by atoms with E-state index in [4.69, 9.17) is 10.4 Å². The first-order valence-electron chi connectivity index (χ1n) is 7.27. The molecule has 0 spiro atoms. The molecular weight excluding hydrogens is 252 g/mol. The van der Waals surface area contributed by atoms with Crippen molar-refractivity contribution in [1.82, 2.24) is 0 Å². The molecule has 1 aromatic carbocycles. The van der Waals surface area contributed by atoms with Gasteiger partial charge in [-0.05, 0) is 44.7 Å². The maximum atomic E-state index is 9.94. The molecule has 0 bridgehead atoms. The van der Waals surface area contributed by atoms with Crippen LogP contribution in [0, 0.1) is 11.3 Å². The zero-order valence-electron chi connectivity index (χ0n) is 11.9. The molecule has 1 saturated heterocycles. The van der Waals surface area contributed by atoms with Crippen molar-refractivity contribution in [3.05, 3.63) is 29.3 Å². The molecule has 1 aromatic rings. The van der Waals surface area contributed by atoms with Crippen LogP contribution in [0.25, 0.3) is 0 Å². The Hall–Kier alpha value is -1.57. The van der Waals surface area contributed by atoms with E-state index in [9.17, 15) is 5.11 Å². The van der Waals surface area contributed by atoms with Crippen molar-refractivity contribution in [1.29, 1.82) is 5.26 Å². The summed E-state index contributed by atoms with van der Waals surface area (Å²) in [7, 11) is 0. The van der Waals surface area contributed by atoms with Gasteiger partial charge in [0.25, 0.3) is 0 Å². The van der Waals surface area contributed by atoms with Gasteiger partial charge in [-0.2, -0.15) is 5.26 Å². The number of aliphatic hydroxyl groups is 2. The molecule has 0 amide bonds. The van der Waals surface area contributed by atoms with Crippen molar-refractivity contribution >= 4 is 5.69 Å². The summed E-state index contributed by atoms with van der Waals surface area (Å²) in [5.41, 5.74) is 2.47. The highest BCUT2D eigenvalue weighted by molar-refractivity contribution is 5.59. The van der Waals surface area contributed by atoms with Gasteiger partial charge >= 0.3 is 0 Å². The molecule has 1 unspecified atom stereocenters. The molecule has 0 aromatic heterocycles. The molecule has 0 radical (unpaired) electrons. The van der Waals surface area contributed by atoms with Gasteiger partial charge in [0.1, 0.15) is 0 Å². The largest absolute Gasteiger partial charge is 0.396 e. The van der Waals surface area contributed by atoms with Crippen LogP contribution in [0.3, 0.4) is 0 Å². The lowest BCUT2D eigenvalue weighted by atomic mass is 10.0. The van der Waals surface area contributed by atoms with E-state index in [0.717, 1.165) is 43.5 Å². The number of benzene rings is 1. The molecule has 20 heavy (non-hydrogen) atoms. The minimum atomic E-state index is -0.545. The zero-order valence-corrected chi connectivity index (χ0v) is 11.9. The summed E-state index contributed by atoms with van der Waals surface area (Å²) >= 11 is 0. The molecule has 1 heterocycles. The predicted octanol–water partition coefficient (Wildman–Crippen LogP) is 2.35. The van der Waals surface area contributed by atoms with Crippen LogP contribution in [-0.2, 0) is 0 Å². The van der Waals surface area contributed by atoms with Gasteiger partial charge in [0.05, 0.1) is 17.7 Å². The van der Waals surface area contributed by atoms with Gasteiger partial charge in [-0.1, -0.05) is 6.07 Å². The van der Waals surface area contributed by atoms with Crippen LogP contribution in [0.4, 0.5) is 5.69 Å². The number of aliphatic hydroxyl groups excluding tert-OH is 2. The van der Waals surface area contributed by atoms with Crippen molar-refractivity contribution in [2.24, 2.45) is 0 Å². The monoisotopic (exact) mass is 274 g/mol. The van der Waals surface area contributed by atoms with E-state index >= 15 is 0 Å². The molecular formula is C16H22N2O2. The zero-order chi connectivity index (χ0) is 14.5. The van der Waals surface area contributed by atoms with E-state index in [2.05, 4.69) is 11.0 Å². The van der Waals surface area contributed by atoms with Gasteiger partial charge in [0, 0.05) is 30.4 Å². The first-order valence-corrected chi connectivity index (χ1v) is 7.27. The Morgan fingerprint density at radius 3 is 2.95 bits per heavy atom. The molecule has 1 fully saturated rings. The summed E-state index contributed by atoms with van der Waals surface area (Å²) < 4.78 is 0. The Morgan fingerprint density at radius 1 is 1.50 bits per heavy atom. The molecule has 108 valence electrons. The predicted molar refractivity (Wildman–Crippen MR) is 78.5 cm³/mol. The van der Waals surface area contributed by atoms with Gasteiger partial charge in [-0.15, -0.1) is 0 Å². The molecule has 2 atom stereocenters. The molecule has 1 aliphatic rings. The van der Waals surface area contributed by atoms with Crippen LogP contribution in [0.1, 0.15) is 49.8 Å². The summed E-state index contributed by atoms with van der Waals surface area (Å²) in [4.78, 5) is 2.29. The summed E-state index contributed by atoms with van der Waals surface area (Å²) in [5, 5.41) is 28.0. The number of nitrogens with zero attached hydrogens (tertiary/aromatic N) is 2. The lowest BCUT2D eigenvalue weighted by Crippen LogP contribution is -2.30. The lowest BCUT2D eigenvalue weighted by molar-refractivity contribution is 0.199. The Balaban J connectivity index is 2.31. The number of hydrogen-bond donors (Lipinski definition) is 2. The van der Waals surface area contributed by atoms with E-state index in [1.54, 1.807) is 13.0 Å². The Kier molecular flexibility index (Phi) is 4.99. The van der Waals surface area contributed by atoms with Gasteiger partial charge in [-0.25, -0.2) is 0 Å². The van der Waals surface area contributed by atoms with Crippen LogP contribution < -0.4 is 4.90 Å². The summed E-state index contributed by atoms with van der Waals surface area (Å²) in [6, 6.07) is 8.04. The third kappa shape index (κ3) is 3.12. The molecule has 2 N–H and O–H groups in total. The highest BCUT2D eigenvalue weighted by atomic mass is 16.3. The molecule has 0 aliphatic carbocycles. The maximum Gasteiger partial charge on any atom is 0.0992 e. The van der Waals surface area contributed by atoms with Crippen molar-refractivity contribution in [2.75, 3.05) is 18.1 Å². The summed E-state index contributed by atoms with van der Waals surface area (Å²) in [6.45, 7) is 2.92. The van der Waals surface area contributed by atoms with E-state index in [-0.39, 0.29) is 6.61 Å².